The summed E-state index contributed by atoms with van der Waals surface area (Å²) in [6.07, 6.45) is 0.736. The Hall–Kier alpha value is -2.21. The van der Waals surface area contributed by atoms with Crippen molar-refractivity contribution >= 4 is 5.82 Å². The molecule has 19 heavy (non-hydrogen) atoms. The molecule has 0 aliphatic heterocycles. The fraction of sp³-hybridized carbons (Fsp3) is 0.231. The number of hydrazine groups is 1. The van der Waals surface area contributed by atoms with E-state index in [-0.39, 0.29) is 5.75 Å². The van der Waals surface area contributed by atoms with Crippen LogP contribution in [-0.2, 0) is 6.42 Å². The summed E-state index contributed by atoms with van der Waals surface area (Å²) < 4.78 is 13.3. The summed E-state index contributed by atoms with van der Waals surface area (Å²) in [6, 6.07) is 3.70. The van der Waals surface area contributed by atoms with Crippen molar-refractivity contribution in [1.29, 1.82) is 0 Å². The first kappa shape index (κ1) is 13.2. The van der Waals surface area contributed by atoms with Crippen LogP contribution in [0.15, 0.2) is 18.2 Å². The summed E-state index contributed by atoms with van der Waals surface area (Å²) in [5.74, 6) is 5.55. The lowest BCUT2D eigenvalue weighted by molar-refractivity contribution is 0.469. The van der Waals surface area contributed by atoms with Crippen LogP contribution >= 0.6 is 0 Å². The number of nitrogen functional groups attached to an aromatic ring is 1. The topological polar surface area (TPSA) is 84.1 Å². The molecule has 100 valence electrons. The molecule has 0 atom stereocenters. The number of phenols is 1. The molecule has 1 aromatic heterocycles. The molecule has 6 heteroatoms. The van der Waals surface area contributed by atoms with Crippen molar-refractivity contribution in [2.75, 3.05) is 5.43 Å². The van der Waals surface area contributed by atoms with Gasteiger partial charge < -0.3 is 10.5 Å². The minimum atomic E-state index is -0.543. The Morgan fingerprint density at radius 3 is 2.63 bits per heavy atom. The van der Waals surface area contributed by atoms with E-state index in [1.54, 1.807) is 0 Å². The average molecular weight is 262 g/mol. The third-order valence-corrected chi connectivity index (χ3v) is 2.84. The molecule has 0 aliphatic rings. The third-order valence-electron chi connectivity index (χ3n) is 2.84. The van der Waals surface area contributed by atoms with Gasteiger partial charge in [0.25, 0.3) is 0 Å². The number of halogens is 1. The van der Waals surface area contributed by atoms with Crippen LogP contribution in [-0.4, -0.2) is 15.1 Å². The standard InChI is InChI=1S/C13H15FN4O/c1-3-11-7(2)16-12(17-13(11)18-15)8-4-9(14)6-10(19)5-8/h4-6,19H,3,15H2,1-2H3,(H,16,17,18). The predicted molar refractivity (Wildman–Crippen MR) is 71.0 cm³/mol. The van der Waals surface area contributed by atoms with E-state index in [0.717, 1.165) is 23.7 Å². The molecule has 2 rings (SSSR count). The summed E-state index contributed by atoms with van der Waals surface area (Å²) in [5, 5.41) is 9.42. The van der Waals surface area contributed by atoms with Crippen LogP contribution in [0.4, 0.5) is 10.2 Å². The van der Waals surface area contributed by atoms with Crippen LogP contribution in [0.5, 0.6) is 5.75 Å². The van der Waals surface area contributed by atoms with Crippen molar-refractivity contribution in [1.82, 2.24) is 9.97 Å². The Morgan fingerprint density at radius 2 is 2.05 bits per heavy atom. The lowest BCUT2D eigenvalue weighted by atomic mass is 10.1. The molecule has 1 heterocycles. The quantitative estimate of drug-likeness (QED) is 0.583. The number of anilines is 1. The molecule has 4 N–H and O–H groups in total. The molecule has 0 fully saturated rings. The maximum absolute atomic E-state index is 13.3. The molecule has 1 aromatic carbocycles. The van der Waals surface area contributed by atoms with Gasteiger partial charge in [-0.1, -0.05) is 6.92 Å². The van der Waals surface area contributed by atoms with Gasteiger partial charge in [-0.05, 0) is 25.5 Å². The van der Waals surface area contributed by atoms with Crippen molar-refractivity contribution in [3.63, 3.8) is 0 Å². The van der Waals surface area contributed by atoms with Crippen molar-refractivity contribution in [3.05, 3.63) is 35.3 Å². The number of rotatable bonds is 3. The first-order valence-corrected chi connectivity index (χ1v) is 5.89. The number of benzene rings is 1. The molecule has 0 amide bonds. The second-order valence-electron chi connectivity index (χ2n) is 4.16. The van der Waals surface area contributed by atoms with E-state index in [9.17, 15) is 9.50 Å². The van der Waals surface area contributed by atoms with Crippen LogP contribution in [0.3, 0.4) is 0 Å². The van der Waals surface area contributed by atoms with Crippen molar-refractivity contribution in [3.8, 4) is 17.1 Å². The number of aromatic nitrogens is 2. The number of aromatic hydroxyl groups is 1. The van der Waals surface area contributed by atoms with Crippen LogP contribution < -0.4 is 11.3 Å². The fourth-order valence-electron chi connectivity index (χ4n) is 1.97. The number of phenolic OH excluding ortho intramolecular Hbond substituents is 1. The first-order valence-electron chi connectivity index (χ1n) is 5.89. The van der Waals surface area contributed by atoms with Gasteiger partial charge in [0.2, 0.25) is 0 Å². The number of nitrogens with zero attached hydrogens (tertiary/aromatic N) is 2. The maximum Gasteiger partial charge on any atom is 0.162 e. The first-order chi connectivity index (χ1) is 9.05. The number of hydrogen-bond donors (Lipinski definition) is 3. The summed E-state index contributed by atoms with van der Waals surface area (Å²) >= 11 is 0. The highest BCUT2D eigenvalue weighted by molar-refractivity contribution is 5.61. The molecule has 5 nitrogen and oxygen atoms in total. The highest BCUT2D eigenvalue weighted by Gasteiger charge is 2.12. The molecular formula is C13H15FN4O. The van der Waals surface area contributed by atoms with Gasteiger partial charge in [0, 0.05) is 22.9 Å². The highest BCUT2D eigenvalue weighted by atomic mass is 19.1. The zero-order chi connectivity index (χ0) is 14.0. The predicted octanol–water partition coefficient (Wildman–Crippen LogP) is 2.14. The van der Waals surface area contributed by atoms with Crippen LogP contribution in [0.2, 0.25) is 0 Å². The molecule has 0 aliphatic carbocycles. The summed E-state index contributed by atoms with van der Waals surface area (Å²) in [5.41, 5.74) is 4.60. The van der Waals surface area contributed by atoms with Gasteiger partial charge in [0.15, 0.2) is 5.82 Å². The molecule has 0 radical (unpaired) electrons. The van der Waals surface area contributed by atoms with Crippen LogP contribution in [0.1, 0.15) is 18.2 Å². The second-order valence-corrected chi connectivity index (χ2v) is 4.16. The zero-order valence-electron chi connectivity index (χ0n) is 10.7. The number of hydrogen-bond acceptors (Lipinski definition) is 5. The second kappa shape index (κ2) is 5.19. The lowest BCUT2D eigenvalue weighted by Gasteiger charge is -2.11. The minimum Gasteiger partial charge on any atom is -0.508 e. The van der Waals surface area contributed by atoms with E-state index in [1.165, 1.54) is 12.1 Å². The number of aryl methyl sites for hydroxylation is 1. The van der Waals surface area contributed by atoms with Gasteiger partial charge in [0.1, 0.15) is 17.4 Å². The Morgan fingerprint density at radius 1 is 1.32 bits per heavy atom. The van der Waals surface area contributed by atoms with Crippen molar-refractivity contribution < 1.29 is 9.50 Å². The SMILES string of the molecule is CCc1c(C)nc(-c2cc(O)cc(F)c2)nc1NN. The van der Waals surface area contributed by atoms with Crippen LogP contribution in [0, 0.1) is 12.7 Å². The Balaban J connectivity index is 2.59. The molecular weight excluding hydrogens is 247 g/mol. The normalized spacial score (nSPS) is 10.5. The Bertz CT molecular complexity index is 596. The molecule has 0 spiro atoms. The summed E-state index contributed by atoms with van der Waals surface area (Å²) in [6.45, 7) is 3.81. The third kappa shape index (κ3) is 2.63. The molecule has 2 aromatic rings. The Kier molecular flexibility index (Phi) is 3.62. The van der Waals surface area contributed by atoms with E-state index in [0.29, 0.717) is 17.2 Å². The fourth-order valence-corrected chi connectivity index (χ4v) is 1.97. The maximum atomic E-state index is 13.3. The summed E-state index contributed by atoms with van der Waals surface area (Å²) in [7, 11) is 0. The van der Waals surface area contributed by atoms with Gasteiger partial charge in [-0.25, -0.2) is 20.2 Å². The lowest BCUT2D eigenvalue weighted by Crippen LogP contribution is -2.13. The molecule has 0 saturated heterocycles. The van der Waals surface area contributed by atoms with E-state index in [1.807, 2.05) is 13.8 Å². The van der Waals surface area contributed by atoms with Gasteiger partial charge in [0.05, 0.1) is 0 Å². The van der Waals surface area contributed by atoms with Crippen molar-refractivity contribution in [2.24, 2.45) is 5.84 Å². The average Bonchev–Trinajstić information content (AvgIpc) is 2.36. The van der Waals surface area contributed by atoms with Gasteiger partial charge >= 0.3 is 0 Å². The molecule has 0 bridgehead atoms. The van der Waals surface area contributed by atoms with Gasteiger partial charge in [-0.2, -0.15) is 0 Å². The van der Waals surface area contributed by atoms with E-state index in [2.05, 4.69) is 15.4 Å². The number of nitrogens with one attached hydrogen (secondary N) is 1. The Labute approximate surface area is 110 Å². The van der Waals surface area contributed by atoms with E-state index < -0.39 is 5.82 Å². The van der Waals surface area contributed by atoms with Gasteiger partial charge in [-0.15, -0.1) is 0 Å². The zero-order valence-corrected chi connectivity index (χ0v) is 10.7. The summed E-state index contributed by atoms with van der Waals surface area (Å²) in [4.78, 5) is 8.57. The largest absolute Gasteiger partial charge is 0.508 e. The molecule has 0 saturated carbocycles. The minimum absolute atomic E-state index is 0.168. The van der Waals surface area contributed by atoms with E-state index >= 15 is 0 Å². The van der Waals surface area contributed by atoms with E-state index in [4.69, 9.17) is 5.84 Å². The monoisotopic (exact) mass is 262 g/mol. The van der Waals surface area contributed by atoms with Crippen LogP contribution in [0.25, 0.3) is 11.4 Å². The smallest absolute Gasteiger partial charge is 0.162 e. The molecule has 0 unspecified atom stereocenters. The van der Waals surface area contributed by atoms with Gasteiger partial charge in [-0.3, -0.25) is 0 Å². The van der Waals surface area contributed by atoms with Crippen molar-refractivity contribution in [2.45, 2.75) is 20.3 Å². The highest BCUT2D eigenvalue weighted by Crippen LogP contribution is 2.25. The number of nitrogens with two attached hydrogens (primary N) is 1.